The number of nitrogens with one attached hydrogen (secondary N) is 1. The SMILES string of the molecule is CCc1ccc(C(Br)c2ccc3c(c2)C(=O)NCC3)s1. The van der Waals surface area contributed by atoms with Crippen molar-refractivity contribution in [2.75, 3.05) is 6.54 Å². The van der Waals surface area contributed by atoms with Gasteiger partial charge in [-0.05, 0) is 42.2 Å². The molecule has 104 valence electrons. The summed E-state index contributed by atoms with van der Waals surface area (Å²) in [6.07, 6.45) is 1.99. The van der Waals surface area contributed by atoms with E-state index < -0.39 is 0 Å². The Morgan fingerprint density at radius 2 is 2.20 bits per heavy atom. The molecule has 0 fully saturated rings. The molecule has 0 spiro atoms. The molecule has 4 heteroatoms. The Morgan fingerprint density at radius 3 is 2.95 bits per heavy atom. The van der Waals surface area contributed by atoms with Crippen LogP contribution in [0.15, 0.2) is 30.3 Å². The maximum Gasteiger partial charge on any atom is 0.251 e. The lowest BCUT2D eigenvalue weighted by Crippen LogP contribution is -2.31. The van der Waals surface area contributed by atoms with Crippen LogP contribution in [0.1, 0.15) is 43.0 Å². The molecule has 1 amide bonds. The predicted octanol–water partition coefficient (Wildman–Crippen LogP) is 4.08. The number of carbonyl (C=O) groups excluding carboxylic acids is 1. The number of aryl methyl sites for hydroxylation is 1. The third-order valence-electron chi connectivity index (χ3n) is 3.63. The van der Waals surface area contributed by atoms with Crippen molar-refractivity contribution in [3.63, 3.8) is 0 Å². The zero-order valence-corrected chi connectivity index (χ0v) is 13.7. The molecule has 20 heavy (non-hydrogen) atoms. The fourth-order valence-electron chi connectivity index (χ4n) is 2.47. The Kier molecular flexibility index (Phi) is 3.94. The van der Waals surface area contributed by atoms with Crippen molar-refractivity contribution in [3.8, 4) is 0 Å². The van der Waals surface area contributed by atoms with Crippen molar-refractivity contribution in [2.45, 2.75) is 24.6 Å². The number of halogens is 1. The molecule has 2 nitrogen and oxygen atoms in total. The molecule has 2 heterocycles. The Bertz CT molecular complexity index is 650. The smallest absolute Gasteiger partial charge is 0.251 e. The third-order valence-corrected chi connectivity index (χ3v) is 6.25. The molecular weight excluding hydrogens is 334 g/mol. The summed E-state index contributed by atoms with van der Waals surface area (Å²) in [4.78, 5) is 14.8. The molecule has 1 aromatic carbocycles. The van der Waals surface area contributed by atoms with Gasteiger partial charge >= 0.3 is 0 Å². The predicted molar refractivity (Wildman–Crippen MR) is 86.9 cm³/mol. The van der Waals surface area contributed by atoms with Crippen LogP contribution in [-0.2, 0) is 12.8 Å². The molecule has 1 unspecified atom stereocenters. The lowest BCUT2D eigenvalue weighted by atomic mass is 9.96. The van der Waals surface area contributed by atoms with Crippen LogP contribution < -0.4 is 5.32 Å². The summed E-state index contributed by atoms with van der Waals surface area (Å²) in [5.41, 5.74) is 3.12. The van der Waals surface area contributed by atoms with Crippen molar-refractivity contribution in [1.82, 2.24) is 5.32 Å². The first kappa shape index (κ1) is 13.8. The van der Waals surface area contributed by atoms with Gasteiger partial charge in [0.05, 0.1) is 4.83 Å². The van der Waals surface area contributed by atoms with Gasteiger partial charge in [0.2, 0.25) is 0 Å². The minimum Gasteiger partial charge on any atom is -0.352 e. The molecule has 1 aromatic heterocycles. The molecular formula is C16H16BrNOS. The van der Waals surface area contributed by atoms with Gasteiger partial charge in [0.1, 0.15) is 0 Å². The quantitative estimate of drug-likeness (QED) is 0.831. The van der Waals surface area contributed by atoms with Crippen molar-refractivity contribution in [1.29, 1.82) is 0 Å². The minimum atomic E-state index is 0.0493. The Hall–Kier alpha value is -1.13. The van der Waals surface area contributed by atoms with E-state index in [-0.39, 0.29) is 10.7 Å². The number of thiophene rings is 1. The molecule has 1 N–H and O–H groups in total. The maximum absolute atomic E-state index is 11.9. The fraction of sp³-hybridized carbons (Fsp3) is 0.312. The molecule has 0 saturated carbocycles. The number of carbonyl (C=O) groups is 1. The van der Waals surface area contributed by atoms with E-state index in [4.69, 9.17) is 0 Å². The first-order valence-corrected chi connectivity index (χ1v) is 8.56. The second-order valence-electron chi connectivity index (χ2n) is 4.94. The number of benzene rings is 1. The van der Waals surface area contributed by atoms with Gasteiger partial charge in [-0.1, -0.05) is 35.0 Å². The van der Waals surface area contributed by atoms with E-state index >= 15 is 0 Å². The molecule has 1 atom stereocenters. The molecule has 1 aliphatic rings. The second kappa shape index (κ2) is 5.70. The van der Waals surface area contributed by atoms with Crippen LogP contribution in [-0.4, -0.2) is 12.5 Å². The molecule has 2 aromatic rings. The minimum absolute atomic E-state index is 0.0493. The van der Waals surface area contributed by atoms with Crippen molar-refractivity contribution in [2.24, 2.45) is 0 Å². The zero-order valence-electron chi connectivity index (χ0n) is 11.3. The number of alkyl halides is 1. The van der Waals surface area contributed by atoms with Crippen LogP contribution in [0.25, 0.3) is 0 Å². The lowest BCUT2D eigenvalue weighted by molar-refractivity contribution is 0.0946. The van der Waals surface area contributed by atoms with E-state index in [1.54, 1.807) is 0 Å². The van der Waals surface area contributed by atoms with Gasteiger partial charge in [-0.2, -0.15) is 0 Å². The molecule has 1 aliphatic heterocycles. The van der Waals surface area contributed by atoms with Crippen LogP contribution >= 0.6 is 27.3 Å². The van der Waals surface area contributed by atoms with Gasteiger partial charge in [-0.3, -0.25) is 4.79 Å². The van der Waals surface area contributed by atoms with Crippen molar-refractivity contribution in [3.05, 3.63) is 56.8 Å². The van der Waals surface area contributed by atoms with E-state index in [0.717, 1.165) is 36.1 Å². The average Bonchev–Trinajstić information content (AvgIpc) is 2.95. The lowest BCUT2D eigenvalue weighted by Gasteiger charge is -2.18. The standard InChI is InChI=1S/C16H16BrNOS/c1-2-12-5-6-14(20-12)15(17)11-4-3-10-7-8-18-16(19)13(10)9-11/h3-6,9,15H,2,7-8H2,1H3,(H,18,19). The highest BCUT2D eigenvalue weighted by atomic mass is 79.9. The van der Waals surface area contributed by atoms with Gasteiger partial charge in [-0.25, -0.2) is 0 Å². The van der Waals surface area contributed by atoms with Crippen LogP contribution in [0, 0.1) is 0 Å². The van der Waals surface area contributed by atoms with Gasteiger partial charge in [0, 0.05) is 21.9 Å². The number of hydrogen-bond donors (Lipinski definition) is 1. The summed E-state index contributed by atoms with van der Waals surface area (Å²) in [5.74, 6) is 0.0493. The number of fused-ring (bicyclic) bond motifs is 1. The molecule has 3 rings (SSSR count). The van der Waals surface area contributed by atoms with E-state index in [1.165, 1.54) is 9.75 Å². The highest BCUT2D eigenvalue weighted by molar-refractivity contribution is 9.09. The van der Waals surface area contributed by atoms with Crippen LogP contribution in [0.5, 0.6) is 0 Å². The summed E-state index contributed by atoms with van der Waals surface area (Å²) < 4.78 is 0. The number of hydrogen-bond acceptors (Lipinski definition) is 2. The van der Waals surface area contributed by atoms with E-state index in [9.17, 15) is 4.79 Å². The molecule has 0 saturated heterocycles. The summed E-state index contributed by atoms with van der Waals surface area (Å²) >= 11 is 5.59. The normalized spacial score (nSPS) is 15.6. The fourth-order valence-corrected chi connectivity index (χ4v) is 4.15. The van der Waals surface area contributed by atoms with E-state index in [1.807, 2.05) is 17.4 Å². The molecule has 0 radical (unpaired) electrons. The monoisotopic (exact) mass is 349 g/mol. The summed E-state index contributed by atoms with van der Waals surface area (Å²) in [5, 5.41) is 2.91. The Balaban J connectivity index is 1.93. The van der Waals surface area contributed by atoms with Gasteiger partial charge in [0.15, 0.2) is 0 Å². The molecule has 0 aliphatic carbocycles. The van der Waals surface area contributed by atoms with E-state index in [2.05, 4.69) is 52.4 Å². The van der Waals surface area contributed by atoms with Gasteiger partial charge < -0.3 is 5.32 Å². The summed E-state index contributed by atoms with van der Waals surface area (Å²) in [6.45, 7) is 2.91. The first-order chi connectivity index (χ1) is 9.69. The van der Waals surface area contributed by atoms with E-state index in [0.29, 0.717) is 0 Å². The summed E-state index contributed by atoms with van der Waals surface area (Å²) in [7, 11) is 0. The maximum atomic E-state index is 11.9. The molecule has 0 bridgehead atoms. The average molecular weight is 350 g/mol. The number of rotatable bonds is 3. The summed E-state index contributed by atoms with van der Waals surface area (Å²) in [6, 6.07) is 10.6. The Labute approximate surface area is 131 Å². The third kappa shape index (κ3) is 2.54. The topological polar surface area (TPSA) is 29.1 Å². The van der Waals surface area contributed by atoms with Crippen LogP contribution in [0.2, 0.25) is 0 Å². The highest BCUT2D eigenvalue weighted by Crippen LogP contribution is 2.36. The van der Waals surface area contributed by atoms with Crippen LogP contribution in [0.3, 0.4) is 0 Å². The van der Waals surface area contributed by atoms with Gasteiger partial charge in [-0.15, -0.1) is 11.3 Å². The highest BCUT2D eigenvalue weighted by Gasteiger charge is 2.20. The first-order valence-electron chi connectivity index (χ1n) is 6.82. The van der Waals surface area contributed by atoms with Gasteiger partial charge in [0.25, 0.3) is 5.91 Å². The van der Waals surface area contributed by atoms with Crippen LogP contribution in [0.4, 0.5) is 0 Å². The Morgan fingerprint density at radius 1 is 1.35 bits per heavy atom. The largest absolute Gasteiger partial charge is 0.352 e. The van der Waals surface area contributed by atoms with Crippen molar-refractivity contribution < 1.29 is 4.79 Å². The second-order valence-corrected chi connectivity index (χ2v) is 7.06. The number of amides is 1. The van der Waals surface area contributed by atoms with Crippen molar-refractivity contribution >= 4 is 33.2 Å². The zero-order chi connectivity index (χ0) is 14.1.